The molecule has 13 heavy (non-hydrogen) atoms. The number of likely N-dealkylation sites (N-methyl/N-ethyl adjacent to an activating group) is 1. The Morgan fingerprint density at radius 3 is 2.77 bits per heavy atom. The lowest BCUT2D eigenvalue weighted by Gasteiger charge is -2.30. The van der Waals surface area contributed by atoms with Gasteiger partial charge >= 0.3 is 0 Å². The Morgan fingerprint density at radius 2 is 2.23 bits per heavy atom. The molecule has 78 valence electrons. The minimum absolute atomic E-state index is 0.258. The van der Waals surface area contributed by atoms with E-state index in [2.05, 4.69) is 19.2 Å². The maximum atomic E-state index is 5.66. The van der Waals surface area contributed by atoms with Crippen LogP contribution in [0.25, 0.3) is 0 Å². The van der Waals surface area contributed by atoms with Crippen molar-refractivity contribution in [3.63, 3.8) is 0 Å². The van der Waals surface area contributed by atoms with Crippen molar-refractivity contribution < 1.29 is 9.47 Å². The summed E-state index contributed by atoms with van der Waals surface area (Å²) < 4.78 is 11.0. The van der Waals surface area contributed by atoms with Gasteiger partial charge in [0, 0.05) is 6.04 Å². The molecule has 2 unspecified atom stereocenters. The third-order valence-electron chi connectivity index (χ3n) is 2.36. The zero-order valence-corrected chi connectivity index (χ0v) is 8.71. The van der Waals surface area contributed by atoms with Crippen molar-refractivity contribution in [1.82, 2.24) is 5.32 Å². The van der Waals surface area contributed by atoms with E-state index in [9.17, 15) is 0 Å². The molecule has 0 amide bonds. The zero-order valence-electron chi connectivity index (χ0n) is 8.71. The highest BCUT2D eigenvalue weighted by atomic mass is 16.6. The van der Waals surface area contributed by atoms with Crippen molar-refractivity contribution in [3.05, 3.63) is 0 Å². The summed E-state index contributed by atoms with van der Waals surface area (Å²) in [5.74, 6) is 0. The van der Waals surface area contributed by atoms with Gasteiger partial charge in [0.05, 0.1) is 25.9 Å². The van der Waals surface area contributed by atoms with Gasteiger partial charge in [0.1, 0.15) is 0 Å². The molecule has 0 radical (unpaired) electrons. The summed E-state index contributed by atoms with van der Waals surface area (Å²) in [7, 11) is 0. The summed E-state index contributed by atoms with van der Waals surface area (Å²) in [5.41, 5.74) is 0. The predicted octanol–water partition coefficient (Wildman–Crippen LogP) is 1.18. The molecule has 3 heteroatoms. The Hall–Kier alpha value is -0.120. The van der Waals surface area contributed by atoms with Gasteiger partial charge in [-0.15, -0.1) is 0 Å². The lowest BCUT2D eigenvalue weighted by atomic mass is 10.1. The van der Waals surface area contributed by atoms with Crippen LogP contribution in [-0.2, 0) is 9.47 Å². The van der Waals surface area contributed by atoms with E-state index in [1.54, 1.807) is 0 Å². The minimum atomic E-state index is 0.258. The molecule has 0 aliphatic carbocycles. The number of hydrogen-bond donors (Lipinski definition) is 1. The van der Waals surface area contributed by atoms with Crippen molar-refractivity contribution in [1.29, 1.82) is 0 Å². The Balaban J connectivity index is 2.32. The van der Waals surface area contributed by atoms with Crippen molar-refractivity contribution in [3.8, 4) is 0 Å². The summed E-state index contributed by atoms with van der Waals surface area (Å²) in [6.07, 6.45) is 2.62. The van der Waals surface area contributed by atoms with Gasteiger partial charge < -0.3 is 14.8 Å². The standard InChI is InChI=1S/C10H21NO2/c1-3-5-9(11-4-2)10-8-12-6-7-13-10/h9-11H,3-8H2,1-2H3. The number of ether oxygens (including phenoxy) is 2. The van der Waals surface area contributed by atoms with Gasteiger partial charge in [-0.25, -0.2) is 0 Å². The topological polar surface area (TPSA) is 30.5 Å². The van der Waals surface area contributed by atoms with Crippen LogP contribution in [0.5, 0.6) is 0 Å². The molecule has 0 aromatic heterocycles. The van der Waals surface area contributed by atoms with Crippen LogP contribution in [0.3, 0.4) is 0 Å². The second-order valence-corrected chi connectivity index (χ2v) is 3.44. The lowest BCUT2D eigenvalue weighted by molar-refractivity contribution is -0.102. The molecule has 1 rings (SSSR count). The average molecular weight is 187 g/mol. The first-order chi connectivity index (χ1) is 6.38. The summed E-state index contributed by atoms with van der Waals surface area (Å²) in [6.45, 7) is 7.58. The van der Waals surface area contributed by atoms with Crippen LogP contribution in [0.1, 0.15) is 26.7 Å². The van der Waals surface area contributed by atoms with Gasteiger partial charge in [-0.1, -0.05) is 20.3 Å². The van der Waals surface area contributed by atoms with Crippen molar-refractivity contribution in [2.75, 3.05) is 26.4 Å². The van der Waals surface area contributed by atoms with Crippen molar-refractivity contribution >= 4 is 0 Å². The number of rotatable bonds is 5. The van der Waals surface area contributed by atoms with Crippen molar-refractivity contribution in [2.45, 2.75) is 38.8 Å². The highest BCUT2D eigenvalue weighted by molar-refractivity contribution is 4.77. The SMILES string of the molecule is CCCC(NCC)C1COCCO1. The molecule has 2 atom stereocenters. The summed E-state index contributed by atoms with van der Waals surface area (Å²) >= 11 is 0. The van der Waals surface area contributed by atoms with Gasteiger partial charge in [-0.3, -0.25) is 0 Å². The predicted molar refractivity (Wildman–Crippen MR) is 52.9 cm³/mol. The van der Waals surface area contributed by atoms with Crippen LogP contribution in [0.2, 0.25) is 0 Å². The van der Waals surface area contributed by atoms with E-state index in [1.165, 1.54) is 12.8 Å². The maximum absolute atomic E-state index is 5.66. The number of hydrogen-bond acceptors (Lipinski definition) is 3. The second-order valence-electron chi connectivity index (χ2n) is 3.44. The van der Waals surface area contributed by atoms with Gasteiger partial charge in [-0.05, 0) is 13.0 Å². The maximum Gasteiger partial charge on any atom is 0.0962 e. The van der Waals surface area contributed by atoms with Crippen molar-refractivity contribution in [2.24, 2.45) is 0 Å². The Morgan fingerprint density at radius 1 is 1.38 bits per heavy atom. The molecule has 1 aliphatic rings. The van der Waals surface area contributed by atoms with Crippen LogP contribution < -0.4 is 5.32 Å². The second kappa shape index (κ2) is 6.35. The van der Waals surface area contributed by atoms with Crippen LogP contribution in [0.4, 0.5) is 0 Å². The van der Waals surface area contributed by atoms with E-state index in [0.717, 1.165) is 26.4 Å². The van der Waals surface area contributed by atoms with Gasteiger partial charge in [0.15, 0.2) is 0 Å². The molecular formula is C10H21NO2. The lowest BCUT2D eigenvalue weighted by Crippen LogP contribution is -2.46. The number of nitrogens with one attached hydrogen (secondary N) is 1. The minimum Gasteiger partial charge on any atom is -0.376 e. The van der Waals surface area contributed by atoms with Crippen LogP contribution in [0.15, 0.2) is 0 Å². The Bertz CT molecular complexity index is 118. The van der Waals surface area contributed by atoms with E-state index < -0.39 is 0 Å². The Labute approximate surface area is 80.8 Å². The molecule has 1 heterocycles. The van der Waals surface area contributed by atoms with E-state index >= 15 is 0 Å². The van der Waals surface area contributed by atoms with E-state index in [0.29, 0.717) is 6.04 Å². The average Bonchev–Trinajstić information content (AvgIpc) is 2.19. The van der Waals surface area contributed by atoms with Crippen LogP contribution in [0, 0.1) is 0 Å². The molecule has 0 aromatic rings. The fourth-order valence-electron chi connectivity index (χ4n) is 1.73. The third-order valence-corrected chi connectivity index (χ3v) is 2.36. The zero-order chi connectivity index (χ0) is 9.52. The van der Waals surface area contributed by atoms with E-state index in [4.69, 9.17) is 9.47 Å². The van der Waals surface area contributed by atoms with E-state index in [-0.39, 0.29) is 6.10 Å². The summed E-state index contributed by atoms with van der Waals surface area (Å²) in [5, 5.41) is 3.45. The molecule has 3 nitrogen and oxygen atoms in total. The Kier molecular flexibility index (Phi) is 5.35. The molecule has 0 bridgehead atoms. The van der Waals surface area contributed by atoms with Crippen LogP contribution in [-0.4, -0.2) is 38.5 Å². The van der Waals surface area contributed by atoms with Crippen LogP contribution >= 0.6 is 0 Å². The molecule has 1 N–H and O–H groups in total. The summed E-state index contributed by atoms with van der Waals surface area (Å²) in [6, 6.07) is 0.468. The molecule has 1 saturated heterocycles. The molecule has 0 aromatic carbocycles. The molecule has 1 aliphatic heterocycles. The fourth-order valence-corrected chi connectivity index (χ4v) is 1.73. The first kappa shape index (κ1) is 11.0. The van der Waals surface area contributed by atoms with E-state index in [1.807, 2.05) is 0 Å². The smallest absolute Gasteiger partial charge is 0.0962 e. The quantitative estimate of drug-likeness (QED) is 0.701. The molecular weight excluding hydrogens is 166 g/mol. The largest absolute Gasteiger partial charge is 0.376 e. The molecule has 0 spiro atoms. The normalized spacial score (nSPS) is 25.8. The van der Waals surface area contributed by atoms with Gasteiger partial charge in [-0.2, -0.15) is 0 Å². The summed E-state index contributed by atoms with van der Waals surface area (Å²) in [4.78, 5) is 0. The van der Waals surface area contributed by atoms with Gasteiger partial charge in [0.25, 0.3) is 0 Å². The third kappa shape index (κ3) is 3.63. The monoisotopic (exact) mass is 187 g/mol. The highest BCUT2D eigenvalue weighted by Gasteiger charge is 2.23. The first-order valence-electron chi connectivity index (χ1n) is 5.31. The molecule has 0 saturated carbocycles. The molecule has 1 fully saturated rings. The fraction of sp³-hybridized carbons (Fsp3) is 1.00. The first-order valence-corrected chi connectivity index (χ1v) is 5.31. The van der Waals surface area contributed by atoms with Gasteiger partial charge in [0.2, 0.25) is 0 Å². The highest BCUT2D eigenvalue weighted by Crippen LogP contribution is 2.10.